The van der Waals surface area contributed by atoms with Gasteiger partial charge in [-0.25, -0.2) is 0 Å². The van der Waals surface area contributed by atoms with Crippen LogP contribution in [0.1, 0.15) is 6.92 Å². The molecule has 0 N–H and O–H groups in total. The van der Waals surface area contributed by atoms with Gasteiger partial charge in [-0.05, 0) is 6.92 Å². The maximum absolute atomic E-state index is 4.60. The minimum atomic E-state index is 0. The molecule has 0 rings (SSSR count). The van der Waals surface area contributed by atoms with Crippen LogP contribution in [0.15, 0.2) is 0 Å². The van der Waals surface area contributed by atoms with Crippen LogP contribution in [0.4, 0.5) is 0 Å². The normalized spacial score (nSPS) is 2.00. The van der Waals surface area contributed by atoms with E-state index in [1.807, 2.05) is 0 Å². The average molecular weight is 64.1 g/mol. The Hall–Kier alpha value is 0.560. The van der Waals surface area contributed by atoms with E-state index < -0.39 is 0 Å². The Morgan fingerprint density at radius 2 is 1.75 bits per heavy atom. The molecule has 0 atom stereocenters. The van der Waals surface area contributed by atoms with Gasteiger partial charge in [0.15, 0.2) is 0 Å². The molecule has 0 aromatic heterocycles. The summed E-state index contributed by atoms with van der Waals surface area (Å²) in [5.74, 6) is 2.25. The van der Waals surface area contributed by atoms with Gasteiger partial charge < -0.3 is 0 Å². The van der Waals surface area contributed by atoms with Crippen molar-refractivity contribution in [1.82, 2.24) is 0 Å². The Labute approximate surface area is 48.9 Å². The van der Waals surface area contributed by atoms with Crippen LogP contribution in [0.3, 0.4) is 0 Å². The van der Waals surface area contributed by atoms with Gasteiger partial charge in [0.1, 0.15) is 0 Å². The molecule has 0 unspecified atom stereocenters. The summed E-state index contributed by atoms with van der Waals surface area (Å²) in [5, 5.41) is 0. The van der Waals surface area contributed by atoms with Crippen molar-refractivity contribution >= 4 is 29.6 Å². The molecule has 0 aliphatic heterocycles. The zero-order valence-corrected chi connectivity index (χ0v) is 2.08. The van der Waals surface area contributed by atoms with E-state index in [9.17, 15) is 0 Å². The van der Waals surface area contributed by atoms with Gasteiger partial charge in [0, 0.05) is 0 Å². The van der Waals surface area contributed by atoms with Crippen LogP contribution >= 0.6 is 0 Å². The molecule has 0 aliphatic carbocycles. The number of rotatable bonds is 0. The van der Waals surface area contributed by atoms with Gasteiger partial charge in [0.2, 0.25) is 0 Å². The maximum atomic E-state index is 4.60. The van der Waals surface area contributed by atoms with Crippen molar-refractivity contribution < 1.29 is 0 Å². The van der Waals surface area contributed by atoms with E-state index in [2.05, 4.69) is 12.3 Å². The fourth-order valence-electron chi connectivity index (χ4n) is 0. The van der Waals surface area contributed by atoms with E-state index in [1.165, 1.54) is 0 Å². The van der Waals surface area contributed by atoms with Crippen LogP contribution in [0.25, 0.3) is 0 Å². The van der Waals surface area contributed by atoms with Gasteiger partial charge in [0.05, 0.1) is 0 Å². The van der Waals surface area contributed by atoms with Gasteiger partial charge >= 0.3 is 29.6 Å². The Bertz CT molecular complexity index is 24.8. The first kappa shape index (κ1) is 8.82. The zero-order chi connectivity index (χ0) is 2.71. The minimum absolute atomic E-state index is 0. The molecule has 0 fully saturated rings. The summed E-state index contributed by atoms with van der Waals surface area (Å²) in [6.45, 7) is 1.65. The second-order valence-electron chi connectivity index (χ2n) is 0.289. The monoisotopic (exact) mass is 64.0 g/mol. The quantitative estimate of drug-likeness (QED) is 0.274. The van der Waals surface area contributed by atoms with Crippen molar-refractivity contribution in [3.05, 3.63) is 0 Å². The van der Waals surface area contributed by atoms with Crippen LogP contribution < -0.4 is 0 Å². The van der Waals surface area contributed by atoms with Gasteiger partial charge in [0.25, 0.3) is 0 Å². The van der Waals surface area contributed by atoms with E-state index in [0.717, 1.165) is 0 Å². The van der Waals surface area contributed by atoms with Crippen molar-refractivity contribution in [3.8, 4) is 12.3 Å². The Balaban J connectivity index is 0. The zero-order valence-electron chi connectivity index (χ0n) is 2.08. The summed E-state index contributed by atoms with van der Waals surface area (Å²) in [5.41, 5.74) is 0. The topological polar surface area (TPSA) is 0 Å². The van der Waals surface area contributed by atoms with Crippen molar-refractivity contribution in [1.29, 1.82) is 0 Å². The molecule has 1 heteroatoms. The summed E-state index contributed by atoms with van der Waals surface area (Å²) in [7, 11) is 0. The van der Waals surface area contributed by atoms with E-state index in [0.29, 0.717) is 0 Å². The first-order chi connectivity index (χ1) is 1.41. The molecular formula is C3H5Na. The number of hydrogen-bond acceptors (Lipinski definition) is 0. The fourth-order valence-corrected chi connectivity index (χ4v) is 0. The summed E-state index contributed by atoms with van der Waals surface area (Å²) in [6.07, 6.45) is 4.60. The summed E-state index contributed by atoms with van der Waals surface area (Å²) < 4.78 is 0. The Kier molecular flexibility index (Phi) is 21.1. The molecule has 0 aliphatic rings. The average Bonchev–Trinajstić information content (AvgIpc) is 0.918. The predicted octanol–water partition coefficient (Wildman–Crippen LogP) is -0.00900. The standard InChI is InChI=1S/C3H4.Na.H/c1-3-2;;/h1H,2H3;;. The first-order valence-electron chi connectivity index (χ1n) is 0.789. The molecule has 0 heterocycles. The van der Waals surface area contributed by atoms with E-state index in [4.69, 9.17) is 0 Å². The van der Waals surface area contributed by atoms with E-state index in [1.54, 1.807) is 6.92 Å². The number of hydrogen-bond donors (Lipinski definition) is 0. The molecular weight excluding hydrogens is 59.0 g/mol. The molecule has 0 aromatic rings. The second kappa shape index (κ2) is 9.59. The third-order valence-corrected chi connectivity index (χ3v) is 0. The van der Waals surface area contributed by atoms with Crippen LogP contribution in [0.2, 0.25) is 0 Å². The van der Waals surface area contributed by atoms with Crippen LogP contribution in [0.5, 0.6) is 0 Å². The van der Waals surface area contributed by atoms with Crippen LogP contribution in [-0.4, -0.2) is 29.6 Å². The SMILES string of the molecule is C#CC.[NaH]. The molecule has 4 heavy (non-hydrogen) atoms. The van der Waals surface area contributed by atoms with Gasteiger partial charge in [-0.15, -0.1) is 12.3 Å². The first-order valence-corrected chi connectivity index (χ1v) is 0.789. The molecule has 0 saturated carbocycles. The summed E-state index contributed by atoms with van der Waals surface area (Å²) in [6, 6.07) is 0. The molecule has 0 spiro atoms. The summed E-state index contributed by atoms with van der Waals surface area (Å²) in [4.78, 5) is 0. The third kappa shape index (κ3) is 19.9. The summed E-state index contributed by atoms with van der Waals surface area (Å²) >= 11 is 0. The van der Waals surface area contributed by atoms with Crippen molar-refractivity contribution in [2.75, 3.05) is 0 Å². The third-order valence-electron chi connectivity index (χ3n) is 0. The molecule has 18 valence electrons. The molecule has 0 bridgehead atoms. The molecule has 0 radical (unpaired) electrons. The Morgan fingerprint density at radius 3 is 1.75 bits per heavy atom. The van der Waals surface area contributed by atoms with E-state index in [-0.39, 0.29) is 29.6 Å². The fraction of sp³-hybridized carbons (Fsp3) is 0.333. The second-order valence-corrected chi connectivity index (χ2v) is 0.289. The molecule has 0 aromatic carbocycles. The van der Waals surface area contributed by atoms with Crippen molar-refractivity contribution in [2.45, 2.75) is 6.92 Å². The van der Waals surface area contributed by atoms with Gasteiger partial charge in [-0.2, -0.15) is 0 Å². The van der Waals surface area contributed by atoms with Crippen LogP contribution in [-0.2, 0) is 0 Å². The predicted molar refractivity (Wildman–Crippen MR) is 21.7 cm³/mol. The molecule has 0 nitrogen and oxygen atoms in total. The van der Waals surface area contributed by atoms with Crippen molar-refractivity contribution in [2.24, 2.45) is 0 Å². The van der Waals surface area contributed by atoms with Gasteiger partial charge in [-0.1, -0.05) is 0 Å². The molecule has 0 saturated heterocycles. The Morgan fingerprint density at radius 1 is 1.75 bits per heavy atom. The van der Waals surface area contributed by atoms with Crippen LogP contribution in [0, 0.1) is 12.3 Å². The van der Waals surface area contributed by atoms with Gasteiger partial charge in [-0.3, -0.25) is 0 Å². The number of terminal acetylenes is 1. The van der Waals surface area contributed by atoms with Crippen molar-refractivity contribution in [3.63, 3.8) is 0 Å². The van der Waals surface area contributed by atoms with E-state index >= 15 is 0 Å². The molecule has 0 amide bonds.